The molecular weight excluding hydrogens is 528 g/mol. The van der Waals surface area contributed by atoms with Crippen LogP contribution in [0.1, 0.15) is 16.7 Å². The fourth-order valence-corrected chi connectivity index (χ4v) is 6.44. The first kappa shape index (κ1) is 25.3. The molecule has 0 fully saturated rings. The van der Waals surface area contributed by atoms with Gasteiger partial charge in [0.15, 0.2) is 5.16 Å². The molecule has 10 heteroatoms. The number of fused-ring (bicyclic) bond motifs is 3. The third-order valence-electron chi connectivity index (χ3n) is 6.16. The number of hydrogen-bond donors (Lipinski definition) is 1. The molecule has 4 aromatic rings. The predicted octanol–water partition coefficient (Wildman–Crippen LogP) is 5.85. The van der Waals surface area contributed by atoms with E-state index in [0.29, 0.717) is 21.4 Å². The first-order valence-corrected chi connectivity index (χ1v) is 14.3. The minimum absolute atomic E-state index is 0.00221. The molecule has 188 valence electrons. The first-order chi connectivity index (χ1) is 17.7. The number of nitrogens with one attached hydrogen (secondary N) is 1. The summed E-state index contributed by atoms with van der Waals surface area (Å²) in [5.41, 5.74) is 5.05. The lowest BCUT2D eigenvalue weighted by Gasteiger charge is -2.31. The van der Waals surface area contributed by atoms with Crippen LogP contribution in [-0.2, 0) is 21.4 Å². The van der Waals surface area contributed by atoms with Crippen molar-refractivity contribution in [1.82, 2.24) is 9.97 Å². The van der Waals surface area contributed by atoms with Gasteiger partial charge in [-0.1, -0.05) is 65.8 Å². The van der Waals surface area contributed by atoms with Crippen LogP contribution in [-0.4, -0.2) is 30.0 Å². The van der Waals surface area contributed by atoms with Crippen LogP contribution in [0.3, 0.4) is 0 Å². The lowest BCUT2D eigenvalue weighted by molar-refractivity contribution is -0.113. The molecule has 0 saturated carbocycles. The number of aryl methyl sites for hydroxylation is 1. The highest BCUT2D eigenvalue weighted by molar-refractivity contribution is 7.99. The van der Waals surface area contributed by atoms with E-state index in [2.05, 4.69) is 15.3 Å². The van der Waals surface area contributed by atoms with Crippen LogP contribution >= 0.6 is 23.4 Å². The zero-order chi connectivity index (χ0) is 26.2. The van der Waals surface area contributed by atoms with Crippen LogP contribution in [0.4, 0.5) is 11.4 Å². The van der Waals surface area contributed by atoms with Gasteiger partial charge in [0.1, 0.15) is 4.90 Å². The molecule has 1 amide bonds. The summed E-state index contributed by atoms with van der Waals surface area (Å²) in [6.45, 7) is 4.10. The Kier molecular flexibility index (Phi) is 6.94. The maximum absolute atomic E-state index is 13.6. The van der Waals surface area contributed by atoms with Gasteiger partial charge in [0.05, 0.1) is 29.9 Å². The van der Waals surface area contributed by atoms with Gasteiger partial charge < -0.3 is 5.32 Å². The van der Waals surface area contributed by atoms with Crippen molar-refractivity contribution in [3.8, 4) is 11.3 Å². The molecule has 3 aromatic carbocycles. The van der Waals surface area contributed by atoms with Crippen LogP contribution in [0.25, 0.3) is 11.3 Å². The number of anilines is 2. The zero-order valence-corrected chi connectivity index (χ0v) is 22.5. The van der Waals surface area contributed by atoms with Crippen molar-refractivity contribution in [2.45, 2.75) is 30.4 Å². The van der Waals surface area contributed by atoms with Gasteiger partial charge in [-0.25, -0.2) is 18.4 Å². The van der Waals surface area contributed by atoms with Gasteiger partial charge in [0.25, 0.3) is 10.0 Å². The molecule has 5 rings (SSSR count). The summed E-state index contributed by atoms with van der Waals surface area (Å²) in [7, 11) is -3.93. The second-order valence-corrected chi connectivity index (χ2v) is 11.8. The molecule has 0 bridgehead atoms. The van der Waals surface area contributed by atoms with Gasteiger partial charge in [0, 0.05) is 16.3 Å². The number of hydrogen-bond acceptors (Lipinski definition) is 6. The Bertz CT molecular complexity index is 1610. The Morgan fingerprint density at radius 3 is 2.62 bits per heavy atom. The number of halogens is 1. The van der Waals surface area contributed by atoms with E-state index in [9.17, 15) is 13.2 Å². The molecule has 1 aromatic heterocycles. The summed E-state index contributed by atoms with van der Waals surface area (Å²) < 4.78 is 28.6. The highest BCUT2D eigenvalue weighted by Crippen LogP contribution is 2.44. The number of nitrogens with zero attached hydrogens (tertiary/aromatic N) is 3. The van der Waals surface area contributed by atoms with E-state index in [1.54, 1.807) is 18.2 Å². The van der Waals surface area contributed by atoms with Crippen molar-refractivity contribution in [3.05, 3.63) is 94.6 Å². The number of rotatable bonds is 6. The second kappa shape index (κ2) is 10.2. The van der Waals surface area contributed by atoms with Gasteiger partial charge in [-0.05, 0) is 54.8 Å². The molecular formula is C27H23ClN4O3S2. The lowest BCUT2D eigenvalue weighted by atomic mass is 10.1. The summed E-state index contributed by atoms with van der Waals surface area (Å²) in [4.78, 5) is 21.4. The van der Waals surface area contributed by atoms with Crippen LogP contribution < -0.4 is 9.62 Å². The van der Waals surface area contributed by atoms with Crippen molar-refractivity contribution in [2.75, 3.05) is 15.4 Å². The third kappa shape index (κ3) is 5.07. The molecule has 0 spiro atoms. The summed E-state index contributed by atoms with van der Waals surface area (Å²) in [6, 6.07) is 20.1. The summed E-state index contributed by atoms with van der Waals surface area (Å²) in [5, 5.41) is 3.67. The van der Waals surface area contributed by atoms with Crippen molar-refractivity contribution in [2.24, 2.45) is 0 Å². The Morgan fingerprint density at radius 2 is 1.84 bits per heavy atom. The zero-order valence-electron chi connectivity index (χ0n) is 20.1. The van der Waals surface area contributed by atoms with E-state index in [1.165, 1.54) is 10.5 Å². The van der Waals surface area contributed by atoms with Gasteiger partial charge >= 0.3 is 0 Å². The monoisotopic (exact) mass is 550 g/mol. The van der Waals surface area contributed by atoms with Gasteiger partial charge in [-0.3, -0.25) is 9.10 Å². The van der Waals surface area contributed by atoms with E-state index < -0.39 is 10.0 Å². The van der Waals surface area contributed by atoms with Gasteiger partial charge in [-0.2, -0.15) is 0 Å². The highest BCUT2D eigenvalue weighted by Gasteiger charge is 2.37. The number of benzene rings is 3. The number of carbonyl (C=O) groups excluding carboxylic acids is 1. The van der Waals surface area contributed by atoms with E-state index in [-0.39, 0.29) is 28.8 Å². The molecule has 0 atom stereocenters. The average Bonchev–Trinajstić information content (AvgIpc) is 2.89. The quantitative estimate of drug-likeness (QED) is 0.239. The standard InChI is InChI=1S/C27H23ClN4O3S2/c1-17-7-6-10-22(18(17)2)30-25(33)16-36-27-29-14-24-26(31-27)21-13-20(28)11-12-23(21)32(37(24,34)35)15-19-8-4-3-5-9-19/h3-14H,15-16H2,1-2H3,(H,30,33). The smallest absolute Gasteiger partial charge is 0.268 e. The van der Waals surface area contributed by atoms with Crippen LogP contribution in [0.15, 0.2) is 83.0 Å². The van der Waals surface area contributed by atoms with Gasteiger partial charge in [-0.15, -0.1) is 0 Å². The molecule has 0 saturated heterocycles. The van der Waals surface area contributed by atoms with E-state index in [0.717, 1.165) is 34.1 Å². The summed E-state index contributed by atoms with van der Waals surface area (Å²) >= 11 is 7.43. The fraction of sp³-hybridized carbons (Fsp3) is 0.148. The molecule has 7 nitrogen and oxygen atoms in total. The third-order valence-corrected chi connectivity index (χ3v) is 9.02. The fourth-order valence-electron chi connectivity index (χ4n) is 4.09. The molecule has 0 aliphatic carbocycles. The minimum atomic E-state index is -3.93. The number of thioether (sulfide) groups is 1. The Hall–Kier alpha value is -3.40. The largest absolute Gasteiger partial charge is 0.325 e. The van der Waals surface area contributed by atoms with Crippen molar-refractivity contribution < 1.29 is 13.2 Å². The SMILES string of the molecule is Cc1cccc(NC(=O)CSc2ncc3c(n2)-c2cc(Cl)ccc2N(Cc2ccccc2)S3(=O)=O)c1C. The Labute approximate surface area is 225 Å². The first-order valence-electron chi connectivity index (χ1n) is 11.5. The molecule has 0 radical (unpaired) electrons. The lowest BCUT2D eigenvalue weighted by Crippen LogP contribution is -2.34. The van der Waals surface area contributed by atoms with Crippen molar-refractivity contribution >= 4 is 50.7 Å². The summed E-state index contributed by atoms with van der Waals surface area (Å²) in [5.74, 6) is -0.133. The number of carbonyl (C=O) groups is 1. The van der Waals surface area contributed by atoms with Crippen molar-refractivity contribution in [1.29, 1.82) is 0 Å². The van der Waals surface area contributed by atoms with E-state index in [4.69, 9.17) is 11.6 Å². The topological polar surface area (TPSA) is 92.3 Å². The predicted molar refractivity (Wildman–Crippen MR) is 148 cm³/mol. The normalized spacial score (nSPS) is 13.5. The number of amides is 1. The minimum Gasteiger partial charge on any atom is -0.325 e. The van der Waals surface area contributed by atoms with E-state index >= 15 is 0 Å². The molecule has 2 heterocycles. The maximum atomic E-state index is 13.6. The van der Waals surface area contributed by atoms with Crippen molar-refractivity contribution in [3.63, 3.8) is 0 Å². The highest BCUT2D eigenvalue weighted by atomic mass is 35.5. The maximum Gasteiger partial charge on any atom is 0.268 e. The molecule has 37 heavy (non-hydrogen) atoms. The number of aromatic nitrogens is 2. The molecule has 1 N–H and O–H groups in total. The molecule has 0 unspecified atom stereocenters. The van der Waals surface area contributed by atoms with Crippen LogP contribution in [0.2, 0.25) is 5.02 Å². The average molecular weight is 551 g/mol. The number of sulfonamides is 1. The van der Waals surface area contributed by atoms with Gasteiger partial charge in [0.2, 0.25) is 5.91 Å². The van der Waals surface area contributed by atoms with E-state index in [1.807, 2.05) is 62.4 Å². The molecule has 1 aliphatic heterocycles. The van der Waals surface area contributed by atoms with Crippen LogP contribution in [0, 0.1) is 13.8 Å². The summed E-state index contributed by atoms with van der Waals surface area (Å²) in [6.07, 6.45) is 1.31. The van der Waals surface area contributed by atoms with Crippen LogP contribution in [0.5, 0.6) is 0 Å². The Morgan fingerprint density at radius 1 is 1.05 bits per heavy atom. The second-order valence-electron chi connectivity index (χ2n) is 8.61. The Balaban J connectivity index is 1.43. The molecule has 1 aliphatic rings.